The van der Waals surface area contributed by atoms with Gasteiger partial charge in [0.1, 0.15) is 0 Å². The molecule has 0 aromatic rings. The van der Waals surface area contributed by atoms with Crippen LogP contribution >= 0.6 is 0 Å². The largest absolute Gasteiger partial charge is 0.393 e. The van der Waals surface area contributed by atoms with Crippen molar-refractivity contribution >= 4 is 0 Å². The zero-order chi connectivity index (χ0) is 12.3. The van der Waals surface area contributed by atoms with Crippen LogP contribution in [0.1, 0.15) is 59.8 Å². The molecule has 1 unspecified atom stereocenters. The lowest BCUT2D eigenvalue weighted by atomic mass is 9.65. The van der Waals surface area contributed by atoms with Gasteiger partial charge >= 0.3 is 0 Å². The summed E-state index contributed by atoms with van der Waals surface area (Å²) in [5, 5.41) is 19.9. The minimum absolute atomic E-state index is 0.139. The van der Waals surface area contributed by atoms with E-state index >= 15 is 0 Å². The van der Waals surface area contributed by atoms with Crippen LogP contribution in [0.15, 0.2) is 0 Å². The molecule has 1 aliphatic carbocycles. The first-order chi connectivity index (χ1) is 7.38. The molecule has 4 atom stereocenters. The van der Waals surface area contributed by atoms with Gasteiger partial charge in [0.2, 0.25) is 0 Å². The average molecular weight is 228 g/mol. The van der Waals surface area contributed by atoms with Gasteiger partial charge in [-0.2, -0.15) is 0 Å². The molecule has 0 saturated heterocycles. The first-order valence-electron chi connectivity index (χ1n) is 6.74. The molecule has 96 valence electrons. The first-order valence-corrected chi connectivity index (χ1v) is 6.74. The van der Waals surface area contributed by atoms with Crippen molar-refractivity contribution in [1.29, 1.82) is 0 Å². The van der Waals surface area contributed by atoms with E-state index in [9.17, 15) is 10.2 Å². The predicted molar refractivity (Wildman–Crippen MR) is 67.2 cm³/mol. The van der Waals surface area contributed by atoms with E-state index in [2.05, 4.69) is 20.8 Å². The summed E-state index contributed by atoms with van der Waals surface area (Å²) in [5.41, 5.74) is 0.139. The van der Waals surface area contributed by atoms with E-state index in [4.69, 9.17) is 0 Å². The van der Waals surface area contributed by atoms with E-state index in [0.717, 1.165) is 32.1 Å². The Morgan fingerprint density at radius 3 is 2.44 bits per heavy atom. The maximum absolute atomic E-state index is 10.2. The Balaban J connectivity index is 2.55. The van der Waals surface area contributed by atoms with Crippen LogP contribution < -0.4 is 0 Å². The minimum atomic E-state index is -0.201. The van der Waals surface area contributed by atoms with E-state index < -0.39 is 0 Å². The molecule has 0 radical (unpaired) electrons. The van der Waals surface area contributed by atoms with Crippen LogP contribution in [0.25, 0.3) is 0 Å². The van der Waals surface area contributed by atoms with Gasteiger partial charge in [-0.05, 0) is 49.4 Å². The second-order valence-corrected chi connectivity index (χ2v) is 6.29. The van der Waals surface area contributed by atoms with Crippen LogP contribution in [-0.4, -0.2) is 22.4 Å². The van der Waals surface area contributed by atoms with Crippen LogP contribution in [0.5, 0.6) is 0 Å². The number of aliphatic hydroxyl groups is 2. The summed E-state index contributed by atoms with van der Waals surface area (Å²) < 4.78 is 0. The molecular formula is C14H28O2. The molecule has 0 spiro atoms. The molecule has 0 aromatic heterocycles. The Labute approximate surface area is 100 Å². The molecule has 1 aliphatic rings. The Morgan fingerprint density at radius 2 is 2.00 bits per heavy atom. The maximum atomic E-state index is 10.2. The summed E-state index contributed by atoms with van der Waals surface area (Å²) >= 11 is 0. The Bertz CT molecular complexity index is 215. The van der Waals surface area contributed by atoms with Gasteiger partial charge in [-0.25, -0.2) is 0 Å². The molecule has 0 aliphatic heterocycles. The standard InChI is InChI=1S/C14H28O2/c1-5-11(15)8-14(4)7-6-12(10(2)3)13(16)9-14/h10-13,15-16H,5-9H2,1-4H3/t11?,12-,13+,14-/m0/s1. The molecule has 0 aromatic carbocycles. The van der Waals surface area contributed by atoms with Crippen molar-refractivity contribution in [1.82, 2.24) is 0 Å². The highest BCUT2D eigenvalue weighted by Gasteiger charge is 2.38. The van der Waals surface area contributed by atoms with E-state index in [0.29, 0.717) is 11.8 Å². The van der Waals surface area contributed by atoms with Crippen LogP contribution in [0.2, 0.25) is 0 Å². The van der Waals surface area contributed by atoms with E-state index in [1.54, 1.807) is 0 Å². The predicted octanol–water partition coefficient (Wildman–Crippen LogP) is 2.97. The lowest BCUT2D eigenvalue weighted by Gasteiger charge is -2.43. The zero-order valence-electron chi connectivity index (χ0n) is 11.2. The van der Waals surface area contributed by atoms with Gasteiger partial charge < -0.3 is 10.2 Å². The Morgan fingerprint density at radius 1 is 1.38 bits per heavy atom. The zero-order valence-corrected chi connectivity index (χ0v) is 11.2. The van der Waals surface area contributed by atoms with Gasteiger partial charge in [-0.3, -0.25) is 0 Å². The molecule has 1 rings (SSSR count). The van der Waals surface area contributed by atoms with Crippen LogP contribution in [-0.2, 0) is 0 Å². The second-order valence-electron chi connectivity index (χ2n) is 6.29. The van der Waals surface area contributed by atoms with Gasteiger partial charge in [0.15, 0.2) is 0 Å². The summed E-state index contributed by atoms with van der Waals surface area (Å²) in [7, 11) is 0. The van der Waals surface area contributed by atoms with Crippen LogP contribution in [0.4, 0.5) is 0 Å². The summed E-state index contributed by atoms with van der Waals surface area (Å²) in [5.74, 6) is 1.02. The number of rotatable bonds is 4. The van der Waals surface area contributed by atoms with Crippen molar-refractivity contribution in [3.63, 3.8) is 0 Å². The third-order valence-electron chi connectivity index (χ3n) is 4.33. The highest BCUT2D eigenvalue weighted by Crippen LogP contribution is 2.44. The molecule has 1 fully saturated rings. The molecule has 2 heteroatoms. The van der Waals surface area contributed by atoms with E-state index in [-0.39, 0.29) is 17.6 Å². The molecule has 0 amide bonds. The third kappa shape index (κ3) is 3.46. The van der Waals surface area contributed by atoms with Crippen molar-refractivity contribution in [3.8, 4) is 0 Å². The summed E-state index contributed by atoms with van der Waals surface area (Å²) in [4.78, 5) is 0. The molecule has 0 bridgehead atoms. The molecular weight excluding hydrogens is 200 g/mol. The van der Waals surface area contributed by atoms with Crippen molar-refractivity contribution in [2.24, 2.45) is 17.3 Å². The van der Waals surface area contributed by atoms with Crippen molar-refractivity contribution in [3.05, 3.63) is 0 Å². The summed E-state index contributed by atoms with van der Waals surface area (Å²) in [6, 6.07) is 0. The number of aliphatic hydroxyl groups excluding tert-OH is 2. The quantitative estimate of drug-likeness (QED) is 0.776. The molecule has 2 nitrogen and oxygen atoms in total. The minimum Gasteiger partial charge on any atom is -0.393 e. The van der Waals surface area contributed by atoms with Crippen LogP contribution in [0, 0.1) is 17.3 Å². The molecule has 2 N–H and O–H groups in total. The van der Waals surface area contributed by atoms with Gasteiger partial charge in [-0.1, -0.05) is 27.7 Å². The van der Waals surface area contributed by atoms with Gasteiger partial charge in [0.25, 0.3) is 0 Å². The second kappa shape index (κ2) is 5.50. The summed E-state index contributed by atoms with van der Waals surface area (Å²) in [6.45, 7) is 8.62. The van der Waals surface area contributed by atoms with Crippen molar-refractivity contribution in [2.75, 3.05) is 0 Å². The molecule has 16 heavy (non-hydrogen) atoms. The monoisotopic (exact) mass is 228 g/mol. The molecule has 1 saturated carbocycles. The summed E-state index contributed by atoms with van der Waals surface area (Å²) in [6.07, 6.45) is 4.38. The fraction of sp³-hybridized carbons (Fsp3) is 1.00. The smallest absolute Gasteiger partial charge is 0.0576 e. The van der Waals surface area contributed by atoms with E-state index in [1.807, 2.05) is 6.92 Å². The third-order valence-corrected chi connectivity index (χ3v) is 4.33. The lowest BCUT2D eigenvalue weighted by molar-refractivity contribution is -0.0292. The maximum Gasteiger partial charge on any atom is 0.0576 e. The highest BCUT2D eigenvalue weighted by molar-refractivity contribution is 4.89. The highest BCUT2D eigenvalue weighted by atomic mass is 16.3. The van der Waals surface area contributed by atoms with Gasteiger partial charge in [0, 0.05) is 0 Å². The first kappa shape index (κ1) is 14.0. The van der Waals surface area contributed by atoms with Crippen molar-refractivity contribution < 1.29 is 10.2 Å². The normalized spacial score (nSPS) is 37.7. The van der Waals surface area contributed by atoms with Crippen LogP contribution in [0.3, 0.4) is 0 Å². The number of hydrogen-bond acceptors (Lipinski definition) is 2. The fourth-order valence-electron chi connectivity index (χ4n) is 3.14. The Hall–Kier alpha value is -0.0800. The van der Waals surface area contributed by atoms with E-state index in [1.165, 1.54) is 0 Å². The van der Waals surface area contributed by atoms with Gasteiger partial charge in [-0.15, -0.1) is 0 Å². The average Bonchev–Trinajstić information content (AvgIpc) is 2.16. The van der Waals surface area contributed by atoms with Crippen molar-refractivity contribution in [2.45, 2.75) is 72.0 Å². The fourth-order valence-corrected chi connectivity index (χ4v) is 3.14. The van der Waals surface area contributed by atoms with Gasteiger partial charge in [0.05, 0.1) is 12.2 Å². The SMILES string of the molecule is CCC(O)C[C@]1(C)CC[C@@H](C(C)C)[C@H](O)C1. The lowest BCUT2D eigenvalue weighted by Crippen LogP contribution is -2.39. The number of hydrogen-bond donors (Lipinski definition) is 2. The topological polar surface area (TPSA) is 40.5 Å². The Kier molecular flexibility index (Phi) is 4.81. The molecule has 0 heterocycles.